The fraction of sp³-hybridized carbons (Fsp3) is 0.571. The first-order valence-electron chi connectivity index (χ1n) is 9.95. The first-order valence-corrected chi connectivity index (χ1v) is 9.95. The van der Waals surface area contributed by atoms with E-state index in [9.17, 15) is 14.4 Å². The summed E-state index contributed by atoms with van der Waals surface area (Å²) in [6, 6.07) is 9.63. The van der Waals surface area contributed by atoms with Crippen molar-refractivity contribution in [2.75, 3.05) is 13.1 Å². The van der Waals surface area contributed by atoms with Crippen LogP contribution in [0.5, 0.6) is 0 Å². The SMILES string of the molecule is C[C@]1(C2CCCCC2)NC(=O)N(CC(=O)NCCCc2ccccc2)C1=O. The van der Waals surface area contributed by atoms with Crippen molar-refractivity contribution in [1.82, 2.24) is 15.5 Å². The second-order valence-corrected chi connectivity index (χ2v) is 7.80. The molecule has 1 aliphatic heterocycles. The molecule has 3 rings (SSSR count). The fourth-order valence-corrected chi connectivity index (χ4v) is 4.18. The Morgan fingerprint density at radius 1 is 1.19 bits per heavy atom. The lowest BCUT2D eigenvalue weighted by Gasteiger charge is -2.34. The van der Waals surface area contributed by atoms with Crippen LogP contribution in [-0.4, -0.2) is 41.4 Å². The molecule has 1 saturated heterocycles. The molecule has 0 radical (unpaired) electrons. The van der Waals surface area contributed by atoms with Crippen molar-refractivity contribution in [3.63, 3.8) is 0 Å². The second kappa shape index (κ2) is 8.55. The molecular formula is C21H29N3O3. The van der Waals surface area contributed by atoms with Crippen LogP contribution in [0.15, 0.2) is 30.3 Å². The van der Waals surface area contributed by atoms with E-state index in [-0.39, 0.29) is 24.3 Å². The average Bonchev–Trinajstić information content (AvgIpc) is 2.91. The Bertz CT molecular complexity index is 685. The normalized spacial score (nSPS) is 23.4. The van der Waals surface area contributed by atoms with E-state index in [2.05, 4.69) is 22.8 Å². The van der Waals surface area contributed by atoms with Crippen molar-refractivity contribution in [3.8, 4) is 0 Å². The van der Waals surface area contributed by atoms with Crippen LogP contribution in [0.2, 0.25) is 0 Å². The quantitative estimate of drug-likeness (QED) is 0.571. The highest BCUT2D eigenvalue weighted by atomic mass is 16.2. The van der Waals surface area contributed by atoms with Gasteiger partial charge in [-0.15, -0.1) is 0 Å². The van der Waals surface area contributed by atoms with Crippen molar-refractivity contribution in [1.29, 1.82) is 0 Å². The van der Waals surface area contributed by atoms with Gasteiger partial charge in [0.25, 0.3) is 5.91 Å². The van der Waals surface area contributed by atoms with Gasteiger partial charge < -0.3 is 10.6 Å². The Labute approximate surface area is 160 Å². The van der Waals surface area contributed by atoms with Crippen LogP contribution in [0, 0.1) is 5.92 Å². The number of imide groups is 1. The summed E-state index contributed by atoms with van der Waals surface area (Å²) >= 11 is 0. The van der Waals surface area contributed by atoms with Gasteiger partial charge in [0, 0.05) is 6.54 Å². The van der Waals surface area contributed by atoms with Gasteiger partial charge in [0.1, 0.15) is 12.1 Å². The predicted octanol–water partition coefficient (Wildman–Crippen LogP) is 2.63. The molecule has 0 spiro atoms. The van der Waals surface area contributed by atoms with E-state index >= 15 is 0 Å². The number of aryl methyl sites for hydroxylation is 1. The molecule has 1 atom stereocenters. The molecule has 6 nitrogen and oxygen atoms in total. The maximum absolute atomic E-state index is 12.9. The first kappa shape index (κ1) is 19.4. The minimum absolute atomic E-state index is 0.154. The molecule has 2 aliphatic rings. The number of urea groups is 1. The third-order valence-corrected chi connectivity index (χ3v) is 5.83. The van der Waals surface area contributed by atoms with Crippen LogP contribution in [0.4, 0.5) is 4.79 Å². The Kier molecular flexibility index (Phi) is 6.14. The minimum atomic E-state index is -0.870. The van der Waals surface area contributed by atoms with Crippen LogP contribution >= 0.6 is 0 Å². The first-order chi connectivity index (χ1) is 13.0. The summed E-state index contributed by atoms with van der Waals surface area (Å²) in [7, 11) is 0. The largest absolute Gasteiger partial charge is 0.355 e. The molecule has 146 valence electrons. The molecular weight excluding hydrogens is 342 g/mol. The molecule has 1 heterocycles. The van der Waals surface area contributed by atoms with E-state index < -0.39 is 11.6 Å². The summed E-state index contributed by atoms with van der Waals surface area (Å²) in [5.74, 6) is -0.403. The lowest BCUT2D eigenvalue weighted by molar-refractivity contribution is -0.136. The molecule has 2 fully saturated rings. The monoisotopic (exact) mass is 371 g/mol. The highest BCUT2D eigenvalue weighted by molar-refractivity contribution is 6.09. The number of benzene rings is 1. The van der Waals surface area contributed by atoms with Gasteiger partial charge in [-0.3, -0.25) is 14.5 Å². The molecule has 4 amide bonds. The third kappa shape index (κ3) is 4.49. The number of hydrogen-bond acceptors (Lipinski definition) is 3. The van der Waals surface area contributed by atoms with Crippen molar-refractivity contribution in [2.45, 2.75) is 57.4 Å². The van der Waals surface area contributed by atoms with Gasteiger partial charge in [-0.25, -0.2) is 4.79 Å². The van der Waals surface area contributed by atoms with Gasteiger partial charge in [-0.1, -0.05) is 49.6 Å². The zero-order chi connectivity index (χ0) is 19.3. The van der Waals surface area contributed by atoms with Gasteiger partial charge >= 0.3 is 6.03 Å². The number of rotatable bonds is 7. The van der Waals surface area contributed by atoms with Gasteiger partial charge in [0.05, 0.1) is 0 Å². The van der Waals surface area contributed by atoms with Crippen molar-refractivity contribution in [3.05, 3.63) is 35.9 Å². The number of hydrogen-bond donors (Lipinski definition) is 2. The molecule has 0 aromatic heterocycles. The summed E-state index contributed by atoms with van der Waals surface area (Å²) in [6.07, 6.45) is 6.95. The lowest BCUT2D eigenvalue weighted by atomic mass is 9.75. The Morgan fingerprint density at radius 2 is 1.89 bits per heavy atom. The summed E-state index contributed by atoms with van der Waals surface area (Å²) in [5, 5.41) is 5.67. The Hall–Kier alpha value is -2.37. The van der Waals surface area contributed by atoms with Gasteiger partial charge in [-0.2, -0.15) is 0 Å². The Balaban J connectivity index is 1.47. The third-order valence-electron chi connectivity index (χ3n) is 5.83. The molecule has 27 heavy (non-hydrogen) atoms. The van der Waals surface area contributed by atoms with Crippen molar-refractivity contribution >= 4 is 17.8 Å². The highest BCUT2D eigenvalue weighted by Crippen LogP contribution is 2.36. The summed E-state index contributed by atoms with van der Waals surface area (Å²) < 4.78 is 0. The number of nitrogens with one attached hydrogen (secondary N) is 2. The fourth-order valence-electron chi connectivity index (χ4n) is 4.18. The molecule has 1 saturated carbocycles. The van der Waals surface area contributed by atoms with E-state index in [1.54, 1.807) is 6.92 Å². The molecule has 1 aromatic rings. The molecule has 2 N–H and O–H groups in total. The smallest absolute Gasteiger partial charge is 0.325 e. The van der Waals surface area contributed by atoms with Gasteiger partial charge in [-0.05, 0) is 44.1 Å². The van der Waals surface area contributed by atoms with Crippen molar-refractivity contribution < 1.29 is 14.4 Å². The topological polar surface area (TPSA) is 78.5 Å². The second-order valence-electron chi connectivity index (χ2n) is 7.80. The highest BCUT2D eigenvalue weighted by Gasteiger charge is 2.52. The van der Waals surface area contributed by atoms with Crippen LogP contribution in [-0.2, 0) is 16.0 Å². The summed E-state index contributed by atoms with van der Waals surface area (Å²) in [5.41, 5.74) is 0.356. The lowest BCUT2D eigenvalue weighted by Crippen LogP contribution is -2.51. The standard InChI is InChI=1S/C21H29N3O3/c1-21(17-12-6-3-7-13-17)19(26)24(20(27)23-21)15-18(25)22-14-8-11-16-9-4-2-5-10-16/h2,4-5,9-10,17H,3,6-8,11-15H2,1H3,(H,22,25)(H,23,27)/t21-/m1/s1. The minimum Gasteiger partial charge on any atom is -0.355 e. The molecule has 0 unspecified atom stereocenters. The van der Waals surface area contributed by atoms with Crippen LogP contribution in [0.25, 0.3) is 0 Å². The number of carbonyl (C=O) groups is 3. The average molecular weight is 371 g/mol. The van der Waals surface area contributed by atoms with Crippen LogP contribution in [0.1, 0.15) is 51.0 Å². The number of amides is 4. The van der Waals surface area contributed by atoms with Crippen LogP contribution in [0.3, 0.4) is 0 Å². The van der Waals surface area contributed by atoms with Crippen molar-refractivity contribution in [2.24, 2.45) is 5.92 Å². The zero-order valence-corrected chi connectivity index (χ0v) is 16.0. The van der Waals surface area contributed by atoms with Gasteiger partial charge in [0.2, 0.25) is 5.91 Å². The van der Waals surface area contributed by atoms with E-state index in [1.807, 2.05) is 18.2 Å². The molecule has 1 aliphatic carbocycles. The van der Waals surface area contributed by atoms with Crippen LogP contribution < -0.4 is 10.6 Å². The molecule has 1 aromatic carbocycles. The van der Waals surface area contributed by atoms with E-state index in [0.29, 0.717) is 6.54 Å². The van der Waals surface area contributed by atoms with E-state index in [1.165, 1.54) is 12.0 Å². The maximum atomic E-state index is 12.9. The molecule has 0 bridgehead atoms. The summed E-state index contributed by atoms with van der Waals surface area (Å²) in [6.45, 7) is 2.12. The zero-order valence-electron chi connectivity index (χ0n) is 16.0. The number of nitrogens with zero attached hydrogens (tertiary/aromatic N) is 1. The Morgan fingerprint density at radius 3 is 2.59 bits per heavy atom. The summed E-state index contributed by atoms with van der Waals surface area (Å²) in [4.78, 5) is 38.4. The number of carbonyl (C=O) groups excluding carboxylic acids is 3. The predicted molar refractivity (Wildman–Crippen MR) is 103 cm³/mol. The van der Waals surface area contributed by atoms with E-state index in [0.717, 1.165) is 43.4 Å². The van der Waals surface area contributed by atoms with Gasteiger partial charge in [0.15, 0.2) is 0 Å². The van der Waals surface area contributed by atoms with E-state index in [4.69, 9.17) is 0 Å². The maximum Gasteiger partial charge on any atom is 0.325 e. The molecule has 6 heteroatoms.